The van der Waals surface area contributed by atoms with Gasteiger partial charge in [-0.1, -0.05) is 0 Å². The summed E-state index contributed by atoms with van der Waals surface area (Å²) in [6, 6.07) is 3.60. The molecule has 0 saturated carbocycles. The number of rotatable bonds is 2. The molecule has 0 atom stereocenters. The van der Waals surface area contributed by atoms with Crippen molar-refractivity contribution >= 4 is 5.97 Å². The number of aryl methyl sites for hydroxylation is 1. The molecule has 0 fully saturated rings. The molecule has 1 aromatic heterocycles. The van der Waals surface area contributed by atoms with Gasteiger partial charge in [0.2, 0.25) is 0 Å². The minimum absolute atomic E-state index is 0.254. The maximum atomic E-state index is 11.4. The smallest absolute Gasteiger partial charge is 0.344 e. The normalized spacial score (nSPS) is 9.77. The Labute approximate surface area is 78.0 Å². The Morgan fingerprint density at radius 3 is 2.92 bits per heavy atom. The van der Waals surface area contributed by atoms with Gasteiger partial charge in [0.15, 0.2) is 11.9 Å². The van der Waals surface area contributed by atoms with Gasteiger partial charge >= 0.3 is 5.97 Å². The topological polar surface area (TPSA) is 30.2 Å². The van der Waals surface area contributed by atoms with Gasteiger partial charge in [-0.25, -0.2) is 9.36 Å². The maximum absolute atomic E-state index is 11.4. The number of esters is 1. The molecule has 70 valence electrons. The first-order chi connectivity index (χ1) is 6.16. The molecule has 0 unspecified atom stereocenters. The highest BCUT2D eigenvalue weighted by Crippen LogP contribution is 2.03. The van der Waals surface area contributed by atoms with Gasteiger partial charge in [0.1, 0.15) is 12.6 Å². The van der Waals surface area contributed by atoms with Crippen LogP contribution < -0.4 is 4.57 Å². The summed E-state index contributed by atoms with van der Waals surface area (Å²) in [5, 5.41) is 0. The van der Waals surface area contributed by atoms with Crippen LogP contribution in [-0.4, -0.2) is 12.6 Å². The lowest BCUT2D eigenvalue weighted by molar-refractivity contribution is -0.677. The van der Waals surface area contributed by atoms with E-state index in [9.17, 15) is 4.79 Å². The van der Waals surface area contributed by atoms with Crippen LogP contribution >= 0.6 is 0 Å². The number of aromatic nitrogens is 1. The van der Waals surface area contributed by atoms with Crippen molar-refractivity contribution in [1.29, 1.82) is 0 Å². The van der Waals surface area contributed by atoms with Gasteiger partial charge in [-0.2, -0.15) is 0 Å². The quantitative estimate of drug-likeness (QED) is 0.502. The minimum atomic E-state index is -0.254. The largest absolute Gasteiger partial charge is 0.462 e. The first-order valence-electron chi connectivity index (χ1n) is 4.29. The molecule has 0 aromatic carbocycles. The number of nitrogens with zero attached hydrogens (tertiary/aromatic N) is 1. The summed E-state index contributed by atoms with van der Waals surface area (Å²) < 4.78 is 6.81. The Balaban J connectivity index is 3.01. The van der Waals surface area contributed by atoms with Gasteiger partial charge in [0, 0.05) is 13.0 Å². The van der Waals surface area contributed by atoms with Crippen LogP contribution in [0.4, 0.5) is 0 Å². The zero-order chi connectivity index (χ0) is 9.84. The zero-order valence-electron chi connectivity index (χ0n) is 8.20. The van der Waals surface area contributed by atoms with E-state index in [0.717, 1.165) is 5.69 Å². The van der Waals surface area contributed by atoms with E-state index in [0.29, 0.717) is 12.2 Å². The van der Waals surface area contributed by atoms with Crippen LogP contribution in [-0.2, 0) is 11.8 Å². The predicted octanol–water partition coefficient (Wildman–Crippen LogP) is 0.996. The average Bonchev–Trinajstić information content (AvgIpc) is 2.10. The standard InChI is InChI=1S/C10H14NO2/c1-4-13-10(12)9-6-5-7-11(3)8(9)2/h5-7H,4H2,1-3H3/q+1. The van der Waals surface area contributed by atoms with Crippen molar-refractivity contribution in [3.05, 3.63) is 29.6 Å². The maximum Gasteiger partial charge on any atom is 0.344 e. The van der Waals surface area contributed by atoms with Crippen molar-refractivity contribution in [3.8, 4) is 0 Å². The number of pyridine rings is 1. The number of carbonyl (C=O) groups is 1. The molecule has 0 radical (unpaired) electrons. The number of hydrogen-bond acceptors (Lipinski definition) is 2. The van der Waals surface area contributed by atoms with Crippen LogP contribution in [0.1, 0.15) is 23.0 Å². The lowest BCUT2D eigenvalue weighted by atomic mass is 10.2. The summed E-state index contributed by atoms with van der Waals surface area (Å²) in [7, 11) is 1.90. The molecule has 0 N–H and O–H groups in total. The summed E-state index contributed by atoms with van der Waals surface area (Å²) in [6.45, 7) is 4.11. The summed E-state index contributed by atoms with van der Waals surface area (Å²) in [5.41, 5.74) is 1.55. The molecule has 0 aliphatic rings. The van der Waals surface area contributed by atoms with Crippen LogP contribution in [0.25, 0.3) is 0 Å². The second-order valence-electron chi connectivity index (χ2n) is 2.84. The van der Waals surface area contributed by atoms with E-state index in [4.69, 9.17) is 4.74 Å². The van der Waals surface area contributed by atoms with E-state index in [2.05, 4.69) is 0 Å². The molecule has 0 spiro atoms. The molecule has 13 heavy (non-hydrogen) atoms. The highest BCUT2D eigenvalue weighted by Gasteiger charge is 2.15. The third kappa shape index (κ3) is 2.05. The number of hydrogen-bond donors (Lipinski definition) is 0. The summed E-state index contributed by atoms with van der Waals surface area (Å²) >= 11 is 0. The first kappa shape index (κ1) is 9.71. The molecule has 0 aliphatic heterocycles. The van der Waals surface area contributed by atoms with Crippen molar-refractivity contribution in [2.75, 3.05) is 6.61 Å². The summed E-state index contributed by atoms with van der Waals surface area (Å²) in [6.07, 6.45) is 1.90. The Bertz CT molecular complexity index is 321. The Kier molecular flexibility index (Phi) is 3.01. The van der Waals surface area contributed by atoms with Crippen molar-refractivity contribution in [1.82, 2.24) is 0 Å². The molecule has 1 heterocycles. The molecule has 3 nitrogen and oxygen atoms in total. The number of ether oxygens (including phenoxy) is 1. The SMILES string of the molecule is CCOC(=O)c1ccc[n+](C)c1C. The first-order valence-corrected chi connectivity index (χ1v) is 4.29. The monoisotopic (exact) mass is 180 g/mol. The van der Waals surface area contributed by atoms with Gasteiger partial charge in [-0.15, -0.1) is 0 Å². The highest BCUT2D eigenvalue weighted by atomic mass is 16.5. The van der Waals surface area contributed by atoms with Crippen molar-refractivity contribution in [2.24, 2.45) is 7.05 Å². The summed E-state index contributed by atoms with van der Waals surface area (Å²) in [5.74, 6) is -0.254. The molecule has 0 bridgehead atoms. The fourth-order valence-electron chi connectivity index (χ4n) is 1.12. The average molecular weight is 180 g/mol. The zero-order valence-corrected chi connectivity index (χ0v) is 8.20. The van der Waals surface area contributed by atoms with Gasteiger partial charge in [-0.3, -0.25) is 0 Å². The van der Waals surface area contributed by atoms with Gasteiger partial charge in [0.05, 0.1) is 6.61 Å². The fourth-order valence-corrected chi connectivity index (χ4v) is 1.12. The van der Waals surface area contributed by atoms with E-state index in [-0.39, 0.29) is 5.97 Å². The van der Waals surface area contributed by atoms with E-state index >= 15 is 0 Å². The van der Waals surface area contributed by atoms with Crippen molar-refractivity contribution < 1.29 is 14.1 Å². The third-order valence-electron chi connectivity index (χ3n) is 1.99. The lowest BCUT2D eigenvalue weighted by Gasteiger charge is -2.02. The molecule has 0 amide bonds. The van der Waals surface area contributed by atoms with E-state index in [1.54, 1.807) is 13.0 Å². The van der Waals surface area contributed by atoms with Gasteiger partial charge in [-0.05, 0) is 13.0 Å². The van der Waals surface area contributed by atoms with Gasteiger partial charge in [0.25, 0.3) is 0 Å². The molecule has 3 heteroatoms. The van der Waals surface area contributed by atoms with Crippen LogP contribution in [0.15, 0.2) is 18.3 Å². The molecule has 1 rings (SSSR count). The highest BCUT2D eigenvalue weighted by molar-refractivity contribution is 5.90. The van der Waals surface area contributed by atoms with Crippen LogP contribution in [0.5, 0.6) is 0 Å². The van der Waals surface area contributed by atoms with E-state index in [1.165, 1.54) is 0 Å². The Hall–Kier alpha value is -1.38. The van der Waals surface area contributed by atoms with Crippen molar-refractivity contribution in [2.45, 2.75) is 13.8 Å². The van der Waals surface area contributed by atoms with Crippen LogP contribution in [0.3, 0.4) is 0 Å². The Morgan fingerprint density at radius 2 is 2.31 bits per heavy atom. The summed E-state index contributed by atoms with van der Waals surface area (Å²) in [4.78, 5) is 11.4. The Morgan fingerprint density at radius 1 is 1.62 bits per heavy atom. The van der Waals surface area contributed by atoms with Gasteiger partial charge < -0.3 is 4.74 Å². The second kappa shape index (κ2) is 4.03. The van der Waals surface area contributed by atoms with E-state index in [1.807, 2.05) is 30.8 Å². The number of carbonyl (C=O) groups excluding carboxylic acids is 1. The van der Waals surface area contributed by atoms with E-state index < -0.39 is 0 Å². The molecule has 0 aliphatic carbocycles. The molecular formula is C10H14NO2+. The minimum Gasteiger partial charge on any atom is -0.462 e. The third-order valence-corrected chi connectivity index (χ3v) is 1.99. The molecular weight excluding hydrogens is 166 g/mol. The predicted molar refractivity (Wildman–Crippen MR) is 48.3 cm³/mol. The van der Waals surface area contributed by atoms with Crippen LogP contribution in [0, 0.1) is 6.92 Å². The molecule has 0 saturated heterocycles. The lowest BCUT2D eigenvalue weighted by Crippen LogP contribution is -2.33. The fraction of sp³-hybridized carbons (Fsp3) is 0.400. The molecule has 1 aromatic rings. The van der Waals surface area contributed by atoms with Crippen molar-refractivity contribution in [3.63, 3.8) is 0 Å². The van der Waals surface area contributed by atoms with Crippen LogP contribution in [0.2, 0.25) is 0 Å². The second-order valence-corrected chi connectivity index (χ2v) is 2.84.